The van der Waals surface area contributed by atoms with Crippen LogP contribution in [-0.4, -0.2) is 17.2 Å². The third-order valence-electron chi connectivity index (χ3n) is 2.12. The lowest BCUT2D eigenvalue weighted by molar-refractivity contribution is 0.408. The van der Waals surface area contributed by atoms with Gasteiger partial charge in [0.1, 0.15) is 11.5 Å². The standard InChI is InChI=1S/C12H11NO2/c1-15-12-6-10(5-11(14)7-12)9-3-2-4-13-8-9/h2-8,14H,1H3. The fourth-order valence-electron chi connectivity index (χ4n) is 1.40. The molecular weight excluding hydrogens is 190 g/mol. The van der Waals surface area contributed by atoms with Gasteiger partial charge in [0.2, 0.25) is 0 Å². The Bertz CT molecular complexity index is 454. The summed E-state index contributed by atoms with van der Waals surface area (Å²) in [5.41, 5.74) is 1.84. The molecular formula is C12H11NO2. The first kappa shape index (κ1) is 9.52. The van der Waals surface area contributed by atoms with E-state index in [1.165, 1.54) is 0 Å². The van der Waals surface area contributed by atoms with Crippen molar-refractivity contribution in [1.29, 1.82) is 0 Å². The molecule has 3 heteroatoms. The highest BCUT2D eigenvalue weighted by molar-refractivity contribution is 5.66. The van der Waals surface area contributed by atoms with Crippen molar-refractivity contribution in [2.75, 3.05) is 7.11 Å². The van der Waals surface area contributed by atoms with Crippen LogP contribution in [0.15, 0.2) is 42.7 Å². The molecule has 1 heterocycles. The first-order valence-electron chi connectivity index (χ1n) is 4.58. The summed E-state index contributed by atoms with van der Waals surface area (Å²) in [4.78, 5) is 4.02. The number of hydrogen-bond donors (Lipinski definition) is 1. The van der Waals surface area contributed by atoms with Crippen LogP contribution in [0.2, 0.25) is 0 Å². The smallest absolute Gasteiger partial charge is 0.123 e. The second-order valence-electron chi connectivity index (χ2n) is 3.16. The number of rotatable bonds is 2. The van der Waals surface area contributed by atoms with Crippen LogP contribution in [0.25, 0.3) is 11.1 Å². The molecule has 0 amide bonds. The van der Waals surface area contributed by atoms with E-state index < -0.39 is 0 Å². The van der Waals surface area contributed by atoms with Gasteiger partial charge in [-0.2, -0.15) is 0 Å². The van der Waals surface area contributed by atoms with E-state index in [1.807, 2.05) is 18.2 Å². The minimum atomic E-state index is 0.188. The van der Waals surface area contributed by atoms with Gasteiger partial charge in [0.15, 0.2) is 0 Å². The number of ether oxygens (including phenoxy) is 1. The number of hydrogen-bond acceptors (Lipinski definition) is 3. The van der Waals surface area contributed by atoms with Crippen LogP contribution in [0.4, 0.5) is 0 Å². The summed E-state index contributed by atoms with van der Waals surface area (Å²) in [6.45, 7) is 0. The second kappa shape index (κ2) is 4.00. The van der Waals surface area contributed by atoms with E-state index in [2.05, 4.69) is 4.98 Å². The molecule has 0 atom stereocenters. The number of phenols is 1. The third-order valence-corrected chi connectivity index (χ3v) is 2.12. The summed E-state index contributed by atoms with van der Waals surface area (Å²) >= 11 is 0. The number of aromatic hydroxyl groups is 1. The molecule has 76 valence electrons. The molecule has 0 fully saturated rings. The molecule has 2 aromatic rings. The molecule has 1 aromatic carbocycles. The predicted octanol–water partition coefficient (Wildman–Crippen LogP) is 2.46. The molecule has 0 bridgehead atoms. The van der Waals surface area contributed by atoms with Crippen molar-refractivity contribution in [3.05, 3.63) is 42.7 Å². The summed E-state index contributed by atoms with van der Waals surface area (Å²) in [6, 6.07) is 8.89. The lowest BCUT2D eigenvalue weighted by atomic mass is 10.1. The Hall–Kier alpha value is -2.03. The fraction of sp³-hybridized carbons (Fsp3) is 0.0833. The molecule has 15 heavy (non-hydrogen) atoms. The van der Waals surface area contributed by atoms with Gasteiger partial charge in [-0.3, -0.25) is 4.98 Å². The number of pyridine rings is 1. The zero-order chi connectivity index (χ0) is 10.7. The van der Waals surface area contributed by atoms with E-state index >= 15 is 0 Å². The summed E-state index contributed by atoms with van der Waals surface area (Å²) in [5, 5.41) is 9.49. The SMILES string of the molecule is COc1cc(O)cc(-c2cccnc2)c1. The highest BCUT2D eigenvalue weighted by Gasteiger charge is 2.02. The van der Waals surface area contributed by atoms with Gasteiger partial charge >= 0.3 is 0 Å². The van der Waals surface area contributed by atoms with Crippen LogP contribution >= 0.6 is 0 Å². The first-order valence-corrected chi connectivity index (χ1v) is 4.58. The second-order valence-corrected chi connectivity index (χ2v) is 3.16. The average molecular weight is 201 g/mol. The van der Waals surface area contributed by atoms with E-state index in [4.69, 9.17) is 4.74 Å². The Kier molecular flexibility index (Phi) is 2.54. The van der Waals surface area contributed by atoms with Crippen LogP contribution in [-0.2, 0) is 0 Å². The van der Waals surface area contributed by atoms with E-state index in [9.17, 15) is 5.11 Å². The molecule has 0 saturated heterocycles. The van der Waals surface area contributed by atoms with Crippen LogP contribution in [0.5, 0.6) is 11.5 Å². The van der Waals surface area contributed by atoms with Crippen molar-refractivity contribution in [3.8, 4) is 22.6 Å². The van der Waals surface area contributed by atoms with Crippen molar-refractivity contribution in [2.45, 2.75) is 0 Å². The molecule has 0 saturated carbocycles. The predicted molar refractivity (Wildman–Crippen MR) is 57.9 cm³/mol. The number of benzene rings is 1. The third kappa shape index (κ3) is 2.07. The van der Waals surface area contributed by atoms with Crippen LogP contribution < -0.4 is 4.74 Å². The molecule has 0 aliphatic rings. The molecule has 0 aliphatic heterocycles. The van der Waals surface area contributed by atoms with Crippen LogP contribution in [0.3, 0.4) is 0 Å². The van der Waals surface area contributed by atoms with Gasteiger partial charge in [-0.25, -0.2) is 0 Å². The fourth-order valence-corrected chi connectivity index (χ4v) is 1.40. The van der Waals surface area contributed by atoms with Crippen molar-refractivity contribution in [2.24, 2.45) is 0 Å². The largest absolute Gasteiger partial charge is 0.508 e. The Morgan fingerprint density at radius 1 is 1.20 bits per heavy atom. The normalized spacial score (nSPS) is 9.93. The zero-order valence-electron chi connectivity index (χ0n) is 8.34. The molecule has 2 rings (SSSR count). The summed E-state index contributed by atoms with van der Waals surface area (Å²) in [6.07, 6.45) is 3.46. The monoisotopic (exact) mass is 201 g/mol. The Labute approximate surface area is 88.0 Å². The maximum Gasteiger partial charge on any atom is 0.123 e. The highest BCUT2D eigenvalue weighted by Crippen LogP contribution is 2.28. The van der Waals surface area contributed by atoms with Gasteiger partial charge in [0, 0.05) is 24.0 Å². The molecule has 3 nitrogen and oxygen atoms in total. The van der Waals surface area contributed by atoms with Gasteiger partial charge in [-0.05, 0) is 23.8 Å². The first-order chi connectivity index (χ1) is 7.29. The lowest BCUT2D eigenvalue weighted by Gasteiger charge is -2.05. The summed E-state index contributed by atoms with van der Waals surface area (Å²) in [7, 11) is 1.57. The van der Waals surface area contributed by atoms with Gasteiger partial charge in [0.25, 0.3) is 0 Å². The summed E-state index contributed by atoms with van der Waals surface area (Å²) < 4.78 is 5.08. The average Bonchev–Trinajstić information content (AvgIpc) is 2.29. The minimum Gasteiger partial charge on any atom is -0.508 e. The zero-order valence-corrected chi connectivity index (χ0v) is 8.34. The lowest BCUT2D eigenvalue weighted by Crippen LogP contribution is -1.84. The minimum absolute atomic E-state index is 0.188. The highest BCUT2D eigenvalue weighted by atomic mass is 16.5. The Morgan fingerprint density at radius 3 is 2.73 bits per heavy atom. The van der Waals surface area contributed by atoms with Gasteiger partial charge in [-0.15, -0.1) is 0 Å². The van der Waals surface area contributed by atoms with Crippen molar-refractivity contribution in [1.82, 2.24) is 4.98 Å². The molecule has 1 aromatic heterocycles. The number of nitrogens with zero attached hydrogens (tertiary/aromatic N) is 1. The maximum absolute atomic E-state index is 9.49. The van der Waals surface area contributed by atoms with E-state index in [-0.39, 0.29) is 5.75 Å². The van der Waals surface area contributed by atoms with E-state index in [0.717, 1.165) is 11.1 Å². The van der Waals surface area contributed by atoms with Crippen LogP contribution in [0, 0.1) is 0 Å². The number of aromatic nitrogens is 1. The van der Waals surface area contributed by atoms with Crippen molar-refractivity contribution in [3.63, 3.8) is 0 Å². The van der Waals surface area contributed by atoms with E-state index in [0.29, 0.717) is 5.75 Å². The molecule has 0 radical (unpaired) electrons. The molecule has 0 unspecified atom stereocenters. The van der Waals surface area contributed by atoms with E-state index in [1.54, 1.807) is 31.6 Å². The van der Waals surface area contributed by atoms with Gasteiger partial charge in [0.05, 0.1) is 7.11 Å². The van der Waals surface area contributed by atoms with Crippen LogP contribution in [0.1, 0.15) is 0 Å². The number of phenolic OH excluding ortho intramolecular Hbond substituents is 1. The molecule has 0 aliphatic carbocycles. The van der Waals surface area contributed by atoms with Gasteiger partial charge in [-0.1, -0.05) is 6.07 Å². The molecule has 0 spiro atoms. The Balaban J connectivity index is 2.49. The van der Waals surface area contributed by atoms with Crippen molar-refractivity contribution < 1.29 is 9.84 Å². The Morgan fingerprint density at radius 2 is 2.07 bits per heavy atom. The quantitative estimate of drug-likeness (QED) is 0.811. The van der Waals surface area contributed by atoms with Gasteiger partial charge < -0.3 is 9.84 Å². The number of methoxy groups -OCH3 is 1. The molecule has 1 N–H and O–H groups in total. The van der Waals surface area contributed by atoms with Crippen molar-refractivity contribution >= 4 is 0 Å². The summed E-state index contributed by atoms with van der Waals surface area (Å²) in [5.74, 6) is 0.821. The topological polar surface area (TPSA) is 42.4 Å². The maximum atomic E-state index is 9.49.